The van der Waals surface area contributed by atoms with Crippen LogP contribution >= 0.6 is 15.9 Å². The Morgan fingerprint density at radius 1 is 1.30 bits per heavy atom. The number of fused-ring (bicyclic) bond motifs is 1. The van der Waals surface area contributed by atoms with Gasteiger partial charge >= 0.3 is 0 Å². The van der Waals surface area contributed by atoms with Crippen molar-refractivity contribution < 1.29 is 0 Å². The number of benzene rings is 1. The van der Waals surface area contributed by atoms with Gasteiger partial charge in [0.15, 0.2) is 0 Å². The molecule has 1 aliphatic rings. The minimum atomic E-state index is -0.288. The molecule has 1 aliphatic carbocycles. The molecule has 1 aromatic carbocycles. The van der Waals surface area contributed by atoms with Gasteiger partial charge in [0.2, 0.25) is 0 Å². The third-order valence-electron chi connectivity index (χ3n) is 3.95. The highest BCUT2D eigenvalue weighted by Gasteiger charge is 2.22. The molecule has 1 unspecified atom stereocenters. The summed E-state index contributed by atoms with van der Waals surface area (Å²) in [5, 5.41) is 14.0. The van der Waals surface area contributed by atoms with Crippen LogP contribution in [0.4, 0.5) is 0 Å². The summed E-state index contributed by atoms with van der Waals surface area (Å²) in [6, 6.07) is 10.5. The van der Waals surface area contributed by atoms with E-state index in [4.69, 9.17) is 0 Å². The Labute approximate surface area is 127 Å². The molecule has 102 valence electrons. The van der Waals surface area contributed by atoms with Crippen LogP contribution < -0.4 is 5.32 Å². The van der Waals surface area contributed by atoms with E-state index in [-0.39, 0.29) is 6.04 Å². The van der Waals surface area contributed by atoms with Crippen LogP contribution in [0.2, 0.25) is 0 Å². The van der Waals surface area contributed by atoms with Crippen molar-refractivity contribution in [1.29, 1.82) is 5.26 Å². The molecule has 20 heavy (non-hydrogen) atoms. The molecule has 1 saturated carbocycles. The van der Waals surface area contributed by atoms with Crippen molar-refractivity contribution in [2.24, 2.45) is 0 Å². The van der Waals surface area contributed by atoms with E-state index < -0.39 is 0 Å². The van der Waals surface area contributed by atoms with Gasteiger partial charge < -0.3 is 0 Å². The second-order valence-corrected chi connectivity index (χ2v) is 6.10. The average Bonchev–Trinajstić information content (AvgIpc) is 2.99. The molecular weight excluding hydrogens is 314 g/mol. The number of aromatic nitrogens is 1. The molecule has 0 amide bonds. The third kappa shape index (κ3) is 2.56. The lowest BCUT2D eigenvalue weighted by Gasteiger charge is -2.18. The van der Waals surface area contributed by atoms with E-state index in [0.29, 0.717) is 6.04 Å². The van der Waals surface area contributed by atoms with Crippen LogP contribution in [0.25, 0.3) is 10.9 Å². The zero-order chi connectivity index (χ0) is 13.9. The number of hydrogen-bond acceptors (Lipinski definition) is 3. The molecule has 0 bridgehead atoms. The summed E-state index contributed by atoms with van der Waals surface area (Å²) in [4.78, 5) is 4.46. The van der Waals surface area contributed by atoms with E-state index in [9.17, 15) is 5.26 Å². The molecular formula is C16H16BrN3. The van der Waals surface area contributed by atoms with Crippen LogP contribution in [-0.4, -0.2) is 11.0 Å². The van der Waals surface area contributed by atoms with Crippen molar-refractivity contribution in [2.75, 3.05) is 0 Å². The maximum Gasteiger partial charge on any atom is 0.123 e. The molecule has 1 heterocycles. The van der Waals surface area contributed by atoms with Gasteiger partial charge in [0.1, 0.15) is 6.04 Å². The third-order valence-corrected chi connectivity index (χ3v) is 4.64. The predicted octanol–water partition coefficient (Wildman–Crippen LogP) is 4.09. The van der Waals surface area contributed by atoms with Crippen LogP contribution in [0.1, 0.15) is 37.3 Å². The molecule has 2 aromatic rings. The van der Waals surface area contributed by atoms with Crippen LogP contribution in [0.3, 0.4) is 0 Å². The predicted molar refractivity (Wildman–Crippen MR) is 83.2 cm³/mol. The maximum absolute atomic E-state index is 9.52. The van der Waals surface area contributed by atoms with Gasteiger partial charge in [-0.3, -0.25) is 10.3 Å². The second kappa shape index (κ2) is 5.90. The zero-order valence-electron chi connectivity index (χ0n) is 11.1. The van der Waals surface area contributed by atoms with Gasteiger partial charge in [-0.25, -0.2) is 0 Å². The lowest BCUT2D eigenvalue weighted by atomic mass is 10.0. The SMILES string of the molecule is N#CC(NC1CCCC1)c1ccc(Br)c2cccnc12. The molecule has 0 spiro atoms. The number of nitrogens with zero attached hydrogens (tertiary/aromatic N) is 2. The number of hydrogen-bond donors (Lipinski definition) is 1. The maximum atomic E-state index is 9.52. The first-order chi connectivity index (χ1) is 9.79. The number of rotatable bonds is 3. The van der Waals surface area contributed by atoms with Crippen molar-refractivity contribution in [2.45, 2.75) is 37.8 Å². The van der Waals surface area contributed by atoms with Gasteiger partial charge in [0.25, 0.3) is 0 Å². The first kappa shape index (κ1) is 13.5. The van der Waals surface area contributed by atoms with Gasteiger partial charge in [0.05, 0.1) is 11.6 Å². The summed E-state index contributed by atoms with van der Waals surface area (Å²) in [6.07, 6.45) is 6.63. The average molecular weight is 330 g/mol. The van der Waals surface area contributed by atoms with Crippen molar-refractivity contribution in [3.05, 3.63) is 40.5 Å². The number of nitriles is 1. The lowest BCUT2D eigenvalue weighted by Crippen LogP contribution is -2.30. The number of nitrogens with one attached hydrogen (secondary N) is 1. The molecule has 1 aromatic heterocycles. The van der Waals surface area contributed by atoms with Crippen LogP contribution in [0, 0.1) is 11.3 Å². The Bertz CT molecular complexity index is 656. The number of halogens is 1. The quantitative estimate of drug-likeness (QED) is 0.922. The van der Waals surface area contributed by atoms with Gasteiger partial charge in [-0.1, -0.05) is 40.9 Å². The second-order valence-electron chi connectivity index (χ2n) is 5.25. The summed E-state index contributed by atoms with van der Waals surface area (Å²) in [6.45, 7) is 0. The molecule has 0 saturated heterocycles. The Hall–Kier alpha value is -1.44. The summed E-state index contributed by atoms with van der Waals surface area (Å²) in [5.74, 6) is 0. The number of pyridine rings is 1. The molecule has 4 heteroatoms. The van der Waals surface area contributed by atoms with Crippen LogP contribution in [0.5, 0.6) is 0 Å². The Morgan fingerprint density at radius 2 is 2.10 bits per heavy atom. The summed E-state index contributed by atoms with van der Waals surface area (Å²) in [5.41, 5.74) is 1.87. The van der Waals surface area contributed by atoms with Gasteiger partial charge in [-0.15, -0.1) is 0 Å². The molecule has 1 atom stereocenters. The Kier molecular flexibility index (Phi) is 4.00. The van der Waals surface area contributed by atoms with Crippen LogP contribution in [-0.2, 0) is 0 Å². The van der Waals surface area contributed by atoms with E-state index in [0.717, 1.165) is 20.9 Å². The standard InChI is InChI=1S/C16H16BrN3/c17-14-8-7-13(16-12(14)6-3-9-19-16)15(10-18)20-11-4-1-2-5-11/h3,6-9,11,15,20H,1-2,4-5H2. The largest absolute Gasteiger partial charge is 0.295 e. The van der Waals surface area contributed by atoms with Crippen molar-refractivity contribution in [3.63, 3.8) is 0 Å². The highest BCUT2D eigenvalue weighted by atomic mass is 79.9. The molecule has 0 aliphatic heterocycles. The molecule has 1 N–H and O–H groups in total. The summed E-state index contributed by atoms with van der Waals surface area (Å²) < 4.78 is 1.02. The fraction of sp³-hybridized carbons (Fsp3) is 0.375. The summed E-state index contributed by atoms with van der Waals surface area (Å²) in [7, 11) is 0. The van der Waals surface area contributed by atoms with Crippen molar-refractivity contribution >= 4 is 26.8 Å². The fourth-order valence-electron chi connectivity index (χ4n) is 2.92. The zero-order valence-corrected chi connectivity index (χ0v) is 12.7. The minimum absolute atomic E-state index is 0.288. The monoisotopic (exact) mass is 329 g/mol. The van der Waals surface area contributed by atoms with Gasteiger partial charge in [0, 0.05) is 27.7 Å². The van der Waals surface area contributed by atoms with E-state index in [1.165, 1.54) is 25.7 Å². The topological polar surface area (TPSA) is 48.7 Å². The summed E-state index contributed by atoms with van der Waals surface area (Å²) >= 11 is 3.55. The normalized spacial score (nSPS) is 17.2. The smallest absolute Gasteiger partial charge is 0.123 e. The first-order valence-corrected chi connectivity index (χ1v) is 7.77. The van der Waals surface area contributed by atoms with Crippen molar-refractivity contribution in [3.8, 4) is 6.07 Å². The van der Waals surface area contributed by atoms with Crippen molar-refractivity contribution in [1.82, 2.24) is 10.3 Å². The van der Waals surface area contributed by atoms with E-state index >= 15 is 0 Å². The van der Waals surface area contributed by atoms with E-state index in [1.807, 2.05) is 24.3 Å². The van der Waals surface area contributed by atoms with E-state index in [1.54, 1.807) is 6.20 Å². The molecule has 3 rings (SSSR count). The van der Waals surface area contributed by atoms with E-state index in [2.05, 4.69) is 32.3 Å². The highest BCUT2D eigenvalue weighted by Crippen LogP contribution is 2.30. The van der Waals surface area contributed by atoms with Gasteiger partial charge in [-0.2, -0.15) is 5.26 Å². The fourth-order valence-corrected chi connectivity index (χ4v) is 3.37. The molecule has 3 nitrogen and oxygen atoms in total. The molecule has 0 radical (unpaired) electrons. The Morgan fingerprint density at radius 3 is 2.85 bits per heavy atom. The molecule has 1 fully saturated rings. The Balaban J connectivity index is 1.99. The lowest BCUT2D eigenvalue weighted by molar-refractivity contribution is 0.493. The van der Waals surface area contributed by atoms with Crippen LogP contribution in [0.15, 0.2) is 34.9 Å². The first-order valence-electron chi connectivity index (χ1n) is 6.98. The highest BCUT2D eigenvalue weighted by molar-refractivity contribution is 9.10. The minimum Gasteiger partial charge on any atom is -0.295 e. The van der Waals surface area contributed by atoms with Gasteiger partial charge in [-0.05, 0) is 25.0 Å².